The molecule has 0 aromatic heterocycles. The largest absolute Gasteiger partial charge is 0.493 e. The number of esters is 1. The molecular formula is C25H22BrNO5. The van der Waals surface area contributed by atoms with Crippen LogP contribution in [-0.2, 0) is 16.1 Å². The standard InChI is InChI=1S/C25H22BrNO5/c1-30-22-15-18(14-21(26)24(22)32-16-17-6-4-3-5-7-17)8-13-23(28)27-20-11-9-19(10-12-20)25(29)31-2/h3-15H,16H2,1-2H3,(H,27,28). The molecule has 0 saturated carbocycles. The second kappa shape index (κ2) is 11.2. The van der Waals surface area contributed by atoms with E-state index in [1.807, 2.05) is 36.4 Å². The molecule has 0 aliphatic carbocycles. The van der Waals surface area contributed by atoms with Gasteiger partial charge in [0, 0.05) is 11.8 Å². The predicted octanol–water partition coefficient (Wildman–Crippen LogP) is 5.48. The Morgan fingerprint density at radius 3 is 2.38 bits per heavy atom. The molecule has 0 heterocycles. The molecule has 1 N–H and O–H groups in total. The van der Waals surface area contributed by atoms with Crippen LogP contribution in [0.3, 0.4) is 0 Å². The van der Waals surface area contributed by atoms with Crippen molar-refractivity contribution in [1.29, 1.82) is 0 Å². The Labute approximate surface area is 194 Å². The average Bonchev–Trinajstić information content (AvgIpc) is 2.82. The number of anilines is 1. The van der Waals surface area contributed by atoms with Crippen molar-refractivity contribution in [1.82, 2.24) is 0 Å². The molecule has 32 heavy (non-hydrogen) atoms. The molecule has 0 bridgehead atoms. The first-order valence-corrected chi connectivity index (χ1v) is 10.5. The molecule has 0 atom stereocenters. The van der Waals surface area contributed by atoms with Crippen molar-refractivity contribution in [3.05, 3.63) is 94.0 Å². The number of methoxy groups -OCH3 is 2. The van der Waals surface area contributed by atoms with Crippen molar-refractivity contribution in [2.24, 2.45) is 0 Å². The zero-order valence-electron chi connectivity index (χ0n) is 17.6. The quantitative estimate of drug-likeness (QED) is 0.331. The van der Waals surface area contributed by atoms with Gasteiger partial charge in [0.05, 0.1) is 24.3 Å². The van der Waals surface area contributed by atoms with Gasteiger partial charge in [-0.1, -0.05) is 30.3 Å². The SMILES string of the molecule is COC(=O)c1ccc(NC(=O)C=Cc2cc(Br)c(OCc3ccccc3)c(OC)c2)cc1. The zero-order valence-corrected chi connectivity index (χ0v) is 19.2. The van der Waals surface area contributed by atoms with Crippen molar-refractivity contribution in [2.75, 3.05) is 19.5 Å². The van der Waals surface area contributed by atoms with E-state index in [1.165, 1.54) is 13.2 Å². The van der Waals surface area contributed by atoms with Crippen LogP contribution in [0.5, 0.6) is 11.5 Å². The van der Waals surface area contributed by atoms with E-state index in [1.54, 1.807) is 43.5 Å². The number of halogens is 1. The maximum Gasteiger partial charge on any atom is 0.337 e. The van der Waals surface area contributed by atoms with Gasteiger partial charge in [0.15, 0.2) is 11.5 Å². The molecule has 6 nitrogen and oxygen atoms in total. The average molecular weight is 496 g/mol. The minimum Gasteiger partial charge on any atom is -0.493 e. The van der Waals surface area contributed by atoms with Crippen LogP contribution < -0.4 is 14.8 Å². The summed E-state index contributed by atoms with van der Waals surface area (Å²) in [6.07, 6.45) is 3.09. The fourth-order valence-electron chi connectivity index (χ4n) is 2.87. The topological polar surface area (TPSA) is 73.9 Å². The summed E-state index contributed by atoms with van der Waals surface area (Å²) in [5, 5.41) is 2.74. The number of hydrogen-bond acceptors (Lipinski definition) is 5. The number of rotatable bonds is 8. The summed E-state index contributed by atoms with van der Waals surface area (Å²) < 4.78 is 16.8. The van der Waals surface area contributed by atoms with Gasteiger partial charge in [0.2, 0.25) is 5.91 Å². The maximum atomic E-state index is 12.3. The van der Waals surface area contributed by atoms with Crippen LogP contribution in [0.4, 0.5) is 5.69 Å². The second-order valence-electron chi connectivity index (χ2n) is 6.70. The fourth-order valence-corrected chi connectivity index (χ4v) is 3.44. The van der Waals surface area contributed by atoms with E-state index in [9.17, 15) is 9.59 Å². The van der Waals surface area contributed by atoms with Gasteiger partial charge in [-0.15, -0.1) is 0 Å². The van der Waals surface area contributed by atoms with Crippen molar-refractivity contribution >= 4 is 39.6 Å². The van der Waals surface area contributed by atoms with E-state index < -0.39 is 5.97 Å². The van der Waals surface area contributed by atoms with E-state index >= 15 is 0 Å². The van der Waals surface area contributed by atoms with Gasteiger partial charge in [-0.3, -0.25) is 4.79 Å². The van der Waals surface area contributed by atoms with E-state index in [0.717, 1.165) is 11.1 Å². The normalized spacial score (nSPS) is 10.6. The molecule has 164 valence electrons. The van der Waals surface area contributed by atoms with Gasteiger partial charge in [-0.25, -0.2) is 4.79 Å². The lowest BCUT2D eigenvalue weighted by Crippen LogP contribution is -2.08. The number of carbonyl (C=O) groups excluding carboxylic acids is 2. The number of hydrogen-bond donors (Lipinski definition) is 1. The first-order chi connectivity index (χ1) is 15.5. The third-order valence-corrected chi connectivity index (χ3v) is 5.07. The van der Waals surface area contributed by atoms with Crippen molar-refractivity contribution < 1.29 is 23.8 Å². The molecule has 0 saturated heterocycles. The van der Waals surface area contributed by atoms with Gasteiger partial charge < -0.3 is 19.5 Å². The molecule has 0 radical (unpaired) electrons. The van der Waals surface area contributed by atoms with Crippen LogP contribution in [0.25, 0.3) is 6.08 Å². The number of nitrogens with one attached hydrogen (secondary N) is 1. The van der Waals surface area contributed by atoms with Gasteiger partial charge in [0.25, 0.3) is 0 Å². The van der Waals surface area contributed by atoms with Crippen molar-refractivity contribution in [2.45, 2.75) is 6.61 Å². The Balaban J connectivity index is 1.66. The predicted molar refractivity (Wildman–Crippen MR) is 127 cm³/mol. The molecule has 0 fully saturated rings. The van der Waals surface area contributed by atoms with Crippen LogP contribution in [-0.4, -0.2) is 26.1 Å². The van der Waals surface area contributed by atoms with E-state index in [2.05, 4.69) is 26.0 Å². The highest BCUT2D eigenvalue weighted by Crippen LogP contribution is 2.37. The Hall–Kier alpha value is -3.58. The van der Waals surface area contributed by atoms with Crippen molar-refractivity contribution in [3.63, 3.8) is 0 Å². The highest BCUT2D eigenvalue weighted by Gasteiger charge is 2.12. The van der Waals surface area contributed by atoms with Crippen LogP contribution in [0.2, 0.25) is 0 Å². The van der Waals surface area contributed by atoms with Gasteiger partial charge in [0.1, 0.15) is 6.61 Å². The van der Waals surface area contributed by atoms with Gasteiger partial charge >= 0.3 is 5.97 Å². The van der Waals surface area contributed by atoms with Crippen LogP contribution >= 0.6 is 15.9 Å². The third-order valence-electron chi connectivity index (χ3n) is 4.48. The second-order valence-corrected chi connectivity index (χ2v) is 7.55. The Morgan fingerprint density at radius 2 is 1.72 bits per heavy atom. The molecular weight excluding hydrogens is 474 g/mol. The fraction of sp³-hybridized carbons (Fsp3) is 0.120. The summed E-state index contributed by atoms with van der Waals surface area (Å²) in [4.78, 5) is 23.7. The summed E-state index contributed by atoms with van der Waals surface area (Å²) in [5.41, 5.74) is 2.78. The minimum atomic E-state index is -0.432. The number of ether oxygens (including phenoxy) is 3. The molecule has 0 aliphatic rings. The van der Waals surface area contributed by atoms with Gasteiger partial charge in [-0.05, 0) is 69.5 Å². The Kier molecular flexibility index (Phi) is 8.05. The first kappa shape index (κ1) is 23.1. The maximum absolute atomic E-state index is 12.3. The minimum absolute atomic E-state index is 0.310. The lowest BCUT2D eigenvalue weighted by atomic mass is 10.1. The van der Waals surface area contributed by atoms with E-state index in [4.69, 9.17) is 9.47 Å². The Morgan fingerprint density at radius 1 is 1.00 bits per heavy atom. The van der Waals surface area contributed by atoms with Crippen LogP contribution in [0.1, 0.15) is 21.5 Å². The van der Waals surface area contributed by atoms with Crippen LogP contribution in [0.15, 0.2) is 77.3 Å². The molecule has 1 amide bonds. The Bertz CT molecular complexity index is 1110. The monoisotopic (exact) mass is 495 g/mol. The molecule has 3 aromatic carbocycles. The highest BCUT2D eigenvalue weighted by molar-refractivity contribution is 9.10. The lowest BCUT2D eigenvalue weighted by molar-refractivity contribution is -0.111. The summed E-state index contributed by atoms with van der Waals surface area (Å²) >= 11 is 3.52. The van der Waals surface area contributed by atoms with Gasteiger partial charge in [-0.2, -0.15) is 0 Å². The molecule has 0 spiro atoms. The van der Waals surface area contributed by atoms with E-state index in [0.29, 0.717) is 33.8 Å². The van der Waals surface area contributed by atoms with Crippen LogP contribution in [0, 0.1) is 0 Å². The van der Waals surface area contributed by atoms with E-state index in [-0.39, 0.29) is 5.91 Å². The first-order valence-electron chi connectivity index (χ1n) is 9.72. The summed E-state index contributed by atoms with van der Waals surface area (Å²) in [6, 6.07) is 19.9. The number of benzene rings is 3. The third kappa shape index (κ3) is 6.21. The molecule has 0 aliphatic heterocycles. The number of amides is 1. The summed E-state index contributed by atoms with van der Waals surface area (Å²) in [7, 11) is 2.88. The smallest absolute Gasteiger partial charge is 0.337 e. The highest BCUT2D eigenvalue weighted by atomic mass is 79.9. The molecule has 3 rings (SSSR count). The number of carbonyl (C=O) groups is 2. The summed E-state index contributed by atoms with van der Waals surface area (Å²) in [6.45, 7) is 0.405. The summed E-state index contributed by atoms with van der Waals surface area (Å²) in [5.74, 6) is 0.395. The lowest BCUT2D eigenvalue weighted by Gasteiger charge is -2.13. The molecule has 3 aromatic rings. The van der Waals surface area contributed by atoms with Crippen molar-refractivity contribution in [3.8, 4) is 11.5 Å². The molecule has 7 heteroatoms. The molecule has 0 unspecified atom stereocenters. The zero-order chi connectivity index (χ0) is 22.9.